The van der Waals surface area contributed by atoms with Gasteiger partial charge in [0.15, 0.2) is 0 Å². The molecule has 0 aliphatic heterocycles. The van der Waals surface area contributed by atoms with Crippen LogP contribution in [0.2, 0.25) is 0 Å². The van der Waals surface area contributed by atoms with Crippen LogP contribution in [-0.4, -0.2) is 9.38 Å². The summed E-state index contributed by atoms with van der Waals surface area (Å²) in [6.07, 6.45) is 6.08. The molecule has 144 valence electrons. The van der Waals surface area contributed by atoms with Crippen molar-refractivity contribution in [1.82, 2.24) is 9.38 Å². The maximum atomic E-state index is 4.82. The van der Waals surface area contributed by atoms with Crippen molar-refractivity contribution < 1.29 is 0 Å². The minimum Gasteiger partial charge on any atom is -0.299 e. The Morgan fingerprint density at radius 1 is 0.613 bits per heavy atom. The van der Waals surface area contributed by atoms with Crippen LogP contribution in [-0.2, 0) is 12.8 Å². The molecule has 2 heteroatoms. The molecular formula is C29H18N2. The molecule has 8 rings (SSSR count). The van der Waals surface area contributed by atoms with Crippen LogP contribution in [0.25, 0.3) is 49.6 Å². The summed E-state index contributed by atoms with van der Waals surface area (Å²) in [7, 11) is 0. The second kappa shape index (κ2) is 5.41. The van der Waals surface area contributed by atoms with Gasteiger partial charge < -0.3 is 0 Å². The fraction of sp³-hybridized carbons (Fsp3) is 0.0690. The smallest absolute Gasteiger partial charge is 0.145 e. The van der Waals surface area contributed by atoms with Crippen LogP contribution in [0.15, 0.2) is 85.2 Å². The fourth-order valence-electron chi connectivity index (χ4n) is 6.03. The highest BCUT2D eigenvalue weighted by atomic mass is 15.0. The van der Waals surface area contributed by atoms with Crippen LogP contribution in [0.4, 0.5) is 0 Å². The molecule has 0 spiro atoms. The summed E-state index contributed by atoms with van der Waals surface area (Å²) in [6, 6.07) is 27.0. The Morgan fingerprint density at radius 2 is 1.26 bits per heavy atom. The van der Waals surface area contributed by atoms with Gasteiger partial charge in [-0.15, -0.1) is 0 Å². The van der Waals surface area contributed by atoms with Gasteiger partial charge in [-0.1, -0.05) is 72.8 Å². The van der Waals surface area contributed by atoms with Gasteiger partial charge in [0.2, 0.25) is 0 Å². The molecule has 0 saturated heterocycles. The molecule has 0 fully saturated rings. The lowest BCUT2D eigenvalue weighted by Crippen LogP contribution is -1.96. The van der Waals surface area contributed by atoms with Gasteiger partial charge in [0.05, 0.1) is 5.52 Å². The van der Waals surface area contributed by atoms with Crippen molar-refractivity contribution in [3.63, 3.8) is 0 Å². The molecule has 0 saturated carbocycles. The second-order valence-corrected chi connectivity index (χ2v) is 8.81. The highest BCUT2D eigenvalue weighted by Gasteiger charge is 2.27. The number of pyridine rings is 1. The van der Waals surface area contributed by atoms with Gasteiger partial charge in [0.1, 0.15) is 5.65 Å². The second-order valence-electron chi connectivity index (χ2n) is 8.81. The zero-order chi connectivity index (χ0) is 20.1. The number of rotatable bonds is 0. The monoisotopic (exact) mass is 394 g/mol. The van der Waals surface area contributed by atoms with Gasteiger partial charge >= 0.3 is 0 Å². The minimum atomic E-state index is 1.01. The van der Waals surface area contributed by atoms with E-state index in [0.717, 1.165) is 18.5 Å². The maximum Gasteiger partial charge on any atom is 0.145 e. The number of fused-ring (bicyclic) bond motifs is 14. The molecule has 0 amide bonds. The Hall–Kier alpha value is -3.91. The third kappa shape index (κ3) is 1.87. The van der Waals surface area contributed by atoms with E-state index in [0.29, 0.717) is 0 Å². The number of imidazole rings is 1. The van der Waals surface area contributed by atoms with Gasteiger partial charge in [0.25, 0.3) is 0 Å². The fourth-order valence-corrected chi connectivity index (χ4v) is 6.03. The van der Waals surface area contributed by atoms with Crippen molar-refractivity contribution in [2.24, 2.45) is 0 Å². The first-order valence-electron chi connectivity index (χ1n) is 10.9. The third-order valence-corrected chi connectivity index (χ3v) is 7.28. The van der Waals surface area contributed by atoms with E-state index >= 15 is 0 Å². The molecule has 6 aromatic rings. The summed E-state index contributed by atoms with van der Waals surface area (Å²) >= 11 is 0. The van der Waals surface area contributed by atoms with E-state index < -0.39 is 0 Å². The normalized spacial score (nSPS) is 13.5. The van der Waals surface area contributed by atoms with Gasteiger partial charge in [-0.2, -0.15) is 0 Å². The van der Waals surface area contributed by atoms with Crippen LogP contribution >= 0.6 is 0 Å². The van der Waals surface area contributed by atoms with Crippen LogP contribution in [0.3, 0.4) is 0 Å². The third-order valence-electron chi connectivity index (χ3n) is 7.28. The average molecular weight is 394 g/mol. The first kappa shape index (κ1) is 15.9. The lowest BCUT2D eigenvalue weighted by Gasteiger charge is -2.16. The van der Waals surface area contributed by atoms with Crippen LogP contribution in [0.5, 0.6) is 0 Å². The lowest BCUT2D eigenvalue weighted by atomic mass is 9.92. The molecule has 4 aromatic carbocycles. The molecule has 2 aliphatic rings. The predicted molar refractivity (Wildman–Crippen MR) is 127 cm³/mol. The van der Waals surface area contributed by atoms with Gasteiger partial charge in [-0.3, -0.25) is 4.40 Å². The summed E-state index contributed by atoms with van der Waals surface area (Å²) in [5, 5.41) is 3.91. The topological polar surface area (TPSA) is 17.3 Å². The van der Waals surface area contributed by atoms with E-state index in [9.17, 15) is 0 Å². The lowest BCUT2D eigenvalue weighted by molar-refractivity contribution is 1.24. The van der Waals surface area contributed by atoms with E-state index in [1.807, 2.05) is 6.20 Å². The number of aromatic nitrogens is 2. The average Bonchev–Trinajstić information content (AvgIpc) is 3.52. The Labute approximate surface area is 179 Å². The maximum absolute atomic E-state index is 4.82. The molecule has 31 heavy (non-hydrogen) atoms. The molecule has 0 unspecified atom stereocenters. The summed E-state index contributed by atoms with van der Waals surface area (Å²) < 4.78 is 2.31. The SMILES string of the molecule is c1ccc2c(c1)Cc1ccc3c(c1-2)c1ccc2c(c1n1ccnc31)-c1ccccc1C2. The molecule has 0 N–H and O–H groups in total. The Balaban J connectivity index is 1.65. The molecule has 2 aromatic heterocycles. The summed E-state index contributed by atoms with van der Waals surface area (Å²) in [4.78, 5) is 4.82. The summed E-state index contributed by atoms with van der Waals surface area (Å²) in [5.74, 6) is 0. The minimum absolute atomic E-state index is 1.01. The van der Waals surface area contributed by atoms with Crippen molar-refractivity contribution in [3.05, 3.63) is 107 Å². The van der Waals surface area contributed by atoms with E-state index in [1.165, 1.54) is 66.2 Å². The van der Waals surface area contributed by atoms with Gasteiger partial charge in [-0.25, -0.2) is 4.98 Å². The summed E-state index contributed by atoms with van der Waals surface area (Å²) in [6.45, 7) is 0. The zero-order valence-corrected chi connectivity index (χ0v) is 16.9. The molecular weight excluding hydrogens is 376 g/mol. The predicted octanol–water partition coefficient (Wildman–Crippen LogP) is 6.78. The standard InChI is InChI=1S/C29H18N2/c1-3-7-21-17(5-1)15-19-10-12-24-27(25(19)21)23-11-9-20-16-18-6-2-4-8-22(18)26(20)28(23)31-14-13-30-29(24)31/h1-14H,15-16H2. The number of hydrogen-bond donors (Lipinski definition) is 0. The molecule has 0 radical (unpaired) electrons. The van der Waals surface area contributed by atoms with Crippen molar-refractivity contribution in [2.75, 3.05) is 0 Å². The first-order chi connectivity index (χ1) is 15.4. The van der Waals surface area contributed by atoms with E-state index in [-0.39, 0.29) is 0 Å². The Bertz CT molecular complexity index is 1740. The van der Waals surface area contributed by atoms with Gasteiger partial charge in [-0.05, 0) is 51.8 Å². The first-order valence-corrected chi connectivity index (χ1v) is 10.9. The van der Waals surface area contributed by atoms with Crippen molar-refractivity contribution in [2.45, 2.75) is 12.8 Å². The highest BCUT2D eigenvalue weighted by Crippen LogP contribution is 2.48. The van der Waals surface area contributed by atoms with Crippen LogP contribution in [0, 0.1) is 0 Å². The summed E-state index contributed by atoms with van der Waals surface area (Å²) in [5.41, 5.74) is 13.5. The Kier molecular flexibility index (Phi) is 2.77. The molecule has 0 atom stereocenters. The van der Waals surface area contributed by atoms with E-state index in [1.54, 1.807) is 0 Å². The molecule has 2 aliphatic carbocycles. The van der Waals surface area contributed by atoms with Crippen LogP contribution < -0.4 is 0 Å². The zero-order valence-electron chi connectivity index (χ0n) is 16.9. The molecule has 0 bridgehead atoms. The quantitative estimate of drug-likeness (QED) is 0.259. The van der Waals surface area contributed by atoms with Crippen LogP contribution in [0.1, 0.15) is 22.3 Å². The Morgan fingerprint density at radius 3 is 2.03 bits per heavy atom. The molecule has 2 nitrogen and oxygen atoms in total. The van der Waals surface area contributed by atoms with Crippen molar-refractivity contribution >= 4 is 27.3 Å². The number of hydrogen-bond acceptors (Lipinski definition) is 1. The van der Waals surface area contributed by atoms with E-state index in [2.05, 4.69) is 83.4 Å². The van der Waals surface area contributed by atoms with Crippen molar-refractivity contribution in [1.29, 1.82) is 0 Å². The highest BCUT2D eigenvalue weighted by molar-refractivity contribution is 6.21. The van der Waals surface area contributed by atoms with E-state index in [4.69, 9.17) is 4.98 Å². The number of benzene rings is 4. The molecule has 2 heterocycles. The number of nitrogens with zero attached hydrogens (tertiary/aromatic N) is 2. The van der Waals surface area contributed by atoms with Gasteiger partial charge in [0, 0.05) is 34.1 Å². The largest absolute Gasteiger partial charge is 0.299 e. The van der Waals surface area contributed by atoms with Crippen molar-refractivity contribution in [3.8, 4) is 22.3 Å².